The highest BCUT2D eigenvalue weighted by Gasteiger charge is 2.24. The highest BCUT2D eigenvalue weighted by molar-refractivity contribution is 5.98. The summed E-state index contributed by atoms with van der Waals surface area (Å²) in [6, 6.07) is 10.0. The Hall–Kier alpha value is -2.36. The van der Waals surface area contributed by atoms with E-state index in [1.54, 1.807) is 0 Å². The summed E-state index contributed by atoms with van der Waals surface area (Å²) in [4.78, 5) is 15.8. The lowest BCUT2D eigenvalue weighted by atomic mass is 10.0. The molecule has 2 aliphatic heterocycles. The van der Waals surface area contributed by atoms with Crippen LogP contribution in [-0.4, -0.2) is 17.9 Å². The fourth-order valence-electron chi connectivity index (χ4n) is 2.15. The molecule has 19 heavy (non-hydrogen) atoms. The number of piperidine rings is 1. The molecule has 0 spiro atoms. The minimum absolute atomic E-state index is 0.0687. The summed E-state index contributed by atoms with van der Waals surface area (Å²) >= 11 is 0. The molecule has 1 fully saturated rings. The maximum Gasteiger partial charge on any atom is 0.222 e. The fraction of sp³-hybridized carbons (Fsp3) is 0.200. The van der Waals surface area contributed by atoms with E-state index in [1.165, 1.54) is 0 Å². The number of hydrogen-bond donors (Lipinski definition) is 2. The lowest BCUT2D eigenvalue weighted by Crippen LogP contribution is -2.43. The van der Waals surface area contributed by atoms with Crippen LogP contribution in [0.4, 0.5) is 0 Å². The standard InChI is InChI=1S/C15H15N3O/c19-14-9-7-12-10-16-13(17-15(12)18-14)8-6-11-4-2-1-3-5-11/h1-6,8,10,15H,7,9H2,(H,16,17)(H,18,19)/b8-6+. The third-order valence-corrected chi connectivity index (χ3v) is 3.20. The highest BCUT2D eigenvalue weighted by atomic mass is 16.1. The number of hydrogen-bond acceptors (Lipinski definition) is 3. The Morgan fingerprint density at radius 3 is 2.84 bits per heavy atom. The Kier molecular flexibility index (Phi) is 3.14. The molecule has 0 bridgehead atoms. The second-order valence-corrected chi connectivity index (χ2v) is 4.59. The van der Waals surface area contributed by atoms with Crippen LogP contribution in [0.1, 0.15) is 18.4 Å². The first-order valence-electron chi connectivity index (χ1n) is 6.37. The second-order valence-electron chi connectivity index (χ2n) is 4.59. The molecule has 1 saturated heterocycles. The summed E-state index contributed by atoms with van der Waals surface area (Å²) in [5.41, 5.74) is 2.26. The van der Waals surface area contributed by atoms with Gasteiger partial charge in [-0.3, -0.25) is 4.79 Å². The number of aliphatic imine (C=N–C) groups is 1. The molecule has 1 aromatic carbocycles. The number of carbonyl (C=O) groups excluding carboxylic acids is 1. The van der Waals surface area contributed by atoms with E-state index in [0.29, 0.717) is 6.42 Å². The minimum Gasteiger partial charge on any atom is -0.347 e. The molecule has 0 aliphatic carbocycles. The first-order valence-corrected chi connectivity index (χ1v) is 6.37. The van der Waals surface area contributed by atoms with E-state index in [0.717, 1.165) is 23.4 Å². The van der Waals surface area contributed by atoms with Gasteiger partial charge in [0, 0.05) is 12.6 Å². The van der Waals surface area contributed by atoms with Crippen LogP contribution in [0.15, 0.2) is 53.2 Å². The molecule has 2 aliphatic rings. The summed E-state index contributed by atoms with van der Waals surface area (Å²) in [6.07, 6.45) is 7.00. The van der Waals surface area contributed by atoms with Gasteiger partial charge in [0.05, 0.1) is 0 Å². The fourth-order valence-corrected chi connectivity index (χ4v) is 2.15. The van der Waals surface area contributed by atoms with Gasteiger partial charge in [0.25, 0.3) is 0 Å². The Bertz CT molecular complexity index is 572. The van der Waals surface area contributed by atoms with Crippen molar-refractivity contribution >= 4 is 17.8 Å². The van der Waals surface area contributed by atoms with E-state index in [-0.39, 0.29) is 12.1 Å². The zero-order valence-corrected chi connectivity index (χ0v) is 10.5. The summed E-state index contributed by atoms with van der Waals surface area (Å²) in [6.45, 7) is 0. The summed E-state index contributed by atoms with van der Waals surface area (Å²) in [5, 5.41) is 6.03. The molecule has 0 aromatic heterocycles. The van der Waals surface area contributed by atoms with E-state index >= 15 is 0 Å². The predicted molar refractivity (Wildman–Crippen MR) is 75.3 cm³/mol. The molecule has 0 radical (unpaired) electrons. The zero-order valence-electron chi connectivity index (χ0n) is 10.5. The molecule has 0 saturated carbocycles. The lowest BCUT2D eigenvalue weighted by Gasteiger charge is -2.27. The van der Waals surface area contributed by atoms with Gasteiger partial charge in [0.2, 0.25) is 5.91 Å². The molecule has 3 rings (SSSR count). The number of fused-ring (bicyclic) bond motifs is 1. The van der Waals surface area contributed by atoms with Crippen molar-refractivity contribution in [2.24, 2.45) is 4.99 Å². The molecule has 1 atom stereocenters. The minimum atomic E-state index is -0.196. The van der Waals surface area contributed by atoms with E-state index in [1.807, 2.05) is 48.7 Å². The summed E-state index contributed by atoms with van der Waals surface area (Å²) in [7, 11) is 0. The number of amides is 1. The molecule has 2 heterocycles. The molecule has 4 heteroatoms. The number of benzene rings is 1. The molecule has 2 N–H and O–H groups in total. The molecule has 1 aromatic rings. The topological polar surface area (TPSA) is 53.5 Å². The van der Waals surface area contributed by atoms with E-state index in [9.17, 15) is 4.79 Å². The van der Waals surface area contributed by atoms with Gasteiger partial charge in [-0.1, -0.05) is 36.4 Å². The van der Waals surface area contributed by atoms with Crippen molar-refractivity contribution in [3.63, 3.8) is 0 Å². The highest BCUT2D eigenvalue weighted by Crippen LogP contribution is 2.18. The first-order chi connectivity index (χ1) is 9.31. The quantitative estimate of drug-likeness (QED) is 0.844. The molecule has 96 valence electrons. The predicted octanol–water partition coefficient (Wildman–Crippen LogP) is 1.82. The van der Waals surface area contributed by atoms with Crippen LogP contribution >= 0.6 is 0 Å². The van der Waals surface area contributed by atoms with Gasteiger partial charge in [-0.2, -0.15) is 0 Å². The third-order valence-electron chi connectivity index (χ3n) is 3.20. The van der Waals surface area contributed by atoms with Gasteiger partial charge < -0.3 is 10.6 Å². The van der Waals surface area contributed by atoms with Crippen LogP contribution in [0.3, 0.4) is 0 Å². The third kappa shape index (κ3) is 2.73. The Morgan fingerprint density at radius 2 is 2.00 bits per heavy atom. The average Bonchev–Trinajstić information content (AvgIpc) is 2.46. The van der Waals surface area contributed by atoms with Crippen molar-refractivity contribution in [3.8, 4) is 0 Å². The first kappa shape index (κ1) is 11.7. The van der Waals surface area contributed by atoms with Crippen LogP contribution in [0.25, 0.3) is 6.08 Å². The molecule has 1 unspecified atom stereocenters. The smallest absolute Gasteiger partial charge is 0.222 e. The number of rotatable bonds is 2. The van der Waals surface area contributed by atoms with Crippen LogP contribution in [0.2, 0.25) is 0 Å². The van der Waals surface area contributed by atoms with Gasteiger partial charge >= 0.3 is 0 Å². The SMILES string of the molecule is O=C1CCC2=CNC(/C=C/c3ccccc3)=NC2N1. The van der Waals surface area contributed by atoms with Gasteiger partial charge in [-0.25, -0.2) is 4.99 Å². The van der Waals surface area contributed by atoms with Crippen LogP contribution in [0, 0.1) is 0 Å². The zero-order chi connectivity index (χ0) is 13.1. The monoisotopic (exact) mass is 253 g/mol. The Labute approximate surface area is 111 Å². The van der Waals surface area contributed by atoms with E-state index in [4.69, 9.17) is 0 Å². The number of nitrogens with zero attached hydrogens (tertiary/aromatic N) is 1. The molecular formula is C15H15N3O. The summed E-state index contributed by atoms with van der Waals surface area (Å²) in [5.74, 6) is 0.832. The van der Waals surface area contributed by atoms with Crippen molar-refractivity contribution in [1.82, 2.24) is 10.6 Å². The van der Waals surface area contributed by atoms with Crippen molar-refractivity contribution < 1.29 is 4.79 Å². The van der Waals surface area contributed by atoms with E-state index < -0.39 is 0 Å². The van der Waals surface area contributed by atoms with Crippen molar-refractivity contribution in [1.29, 1.82) is 0 Å². The van der Waals surface area contributed by atoms with Gasteiger partial charge in [-0.15, -0.1) is 0 Å². The maximum atomic E-state index is 11.4. The Balaban J connectivity index is 1.73. The van der Waals surface area contributed by atoms with Crippen molar-refractivity contribution in [2.45, 2.75) is 19.0 Å². The van der Waals surface area contributed by atoms with Crippen LogP contribution in [0.5, 0.6) is 0 Å². The molecular weight excluding hydrogens is 238 g/mol. The van der Waals surface area contributed by atoms with Crippen molar-refractivity contribution in [3.05, 3.63) is 53.7 Å². The summed E-state index contributed by atoms with van der Waals surface area (Å²) < 4.78 is 0. The van der Waals surface area contributed by atoms with E-state index in [2.05, 4.69) is 15.6 Å². The lowest BCUT2D eigenvalue weighted by molar-refractivity contribution is -0.122. The van der Waals surface area contributed by atoms with Crippen LogP contribution in [-0.2, 0) is 4.79 Å². The second kappa shape index (κ2) is 5.10. The van der Waals surface area contributed by atoms with Crippen LogP contribution < -0.4 is 10.6 Å². The van der Waals surface area contributed by atoms with Gasteiger partial charge in [-0.05, 0) is 23.6 Å². The normalized spacial score (nSPS) is 22.1. The van der Waals surface area contributed by atoms with Gasteiger partial charge in [0.1, 0.15) is 12.0 Å². The number of carbonyl (C=O) groups is 1. The van der Waals surface area contributed by atoms with Crippen molar-refractivity contribution in [2.75, 3.05) is 0 Å². The Morgan fingerprint density at radius 1 is 1.16 bits per heavy atom. The average molecular weight is 253 g/mol. The molecule has 4 nitrogen and oxygen atoms in total. The van der Waals surface area contributed by atoms with Gasteiger partial charge in [0.15, 0.2) is 0 Å². The number of nitrogens with one attached hydrogen (secondary N) is 2. The maximum absolute atomic E-state index is 11.4. The largest absolute Gasteiger partial charge is 0.347 e. The number of amidine groups is 1. The molecule has 1 amide bonds.